The van der Waals surface area contributed by atoms with Crippen LogP contribution in [0.1, 0.15) is 11.1 Å². The van der Waals surface area contributed by atoms with E-state index in [1.165, 1.54) is 31.8 Å². The van der Waals surface area contributed by atoms with Crippen molar-refractivity contribution < 1.29 is 53.6 Å². The van der Waals surface area contributed by atoms with E-state index in [0.29, 0.717) is 0 Å². The normalized spacial score (nSPS) is 10.5. The third kappa shape index (κ3) is 10.2. The van der Waals surface area contributed by atoms with Crippen LogP contribution >= 0.6 is 15.8 Å². The van der Waals surface area contributed by atoms with Crippen LogP contribution in [0, 0.1) is 24.7 Å². The molecule has 0 radical (unpaired) electrons. The molecule has 0 aliphatic carbocycles. The molecular weight excluding hydrogens is 1180 g/mol. The van der Waals surface area contributed by atoms with Gasteiger partial charge in [0.15, 0.2) is 0 Å². The van der Waals surface area contributed by atoms with Gasteiger partial charge in [-0.3, -0.25) is 11.8 Å². The number of fused-ring (bicyclic) bond motifs is 6. The van der Waals surface area contributed by atoms with Crippen molar-refractivity contribution in [2.45, 2.75) is 0 Å². The SMILES string of the molecule is [Au+].[Au+].[C-]#Cc1ccc2oc3ccccc3c2c1.[C-]#Cc1ccc2oc3ccccc3c2c1.c1ccc([PH+](c2ccccc2)c2ccccc2[PH+](c2ccccc2)c2ccccc2)cc1. The van der Waals surface area contributed by atoms with E-state index in [1.807, 2.05) is 84.9 Å². The predicted molar refractivity (Wildman–Crippen MR) is 267 cm³/mol. The Morgan fingerprint density at radius 3 is 0.906 bits per heavy atom. The Balaban J connectivity index is 0.000000159. The molecule has 314 valence electrons. The van der Waals surface area contributed by atoms with E-state index in [2.05, 4.69) is 157 Å². The fraction of sp³-hybridized carbons (Fsp3) is 0. The molecule has 9 aromatic carbocycles. The van der Waals surface area contributed by atoms with Crippen molar-refractivity contribution in [2.75, 3.05) is 0 Å². The minimum absolute atomic E-state index is 0. The second kappa shape index (κ2) is 22.1. The zero-order valence-corrected chi connectivity index (χ0v) is 40.7. The molecule has 0 saturated carbocycles. The van der Waals surface area contributed by atoms with Gasteiger partial charge in [0, 0.05) is 21.5 Å². The summed E-state index contributed by atoms with van der Waals surface area (Å²) in [6.07, 6.45) is 14.2. The van der Waals surface area contributed by atoms with Crippen LogP contribution in [0.2, 0.25) is 0 Å². The molecule has 0 bridgehead atoms. The van der Waals surface area contributed by atoms with Crippen LogP contribution in [0.5, 0.6) is 0 Å². The maximum atomic E-state index is 7.10. The Morgan fingerprint density at radius 1 is 0.297 bits per heavy atom. The Bertz CT molecular complexity index is 3030. The average molecular weight is 1220 g/mol. The molecule has 64 heavy (non-hydrogen) atoms. The van der Waals surface area contributed by atoms with Crippen molar-refractivity contribution in [1.82, 2.24) is 0 Å². The fourth-order valence-corrected chi connectivity index (χ4v) is 13.9. The van der Waals surface area contributed by atoms with Gasteiger partial charge in [-0.15, -0.1) is 35.4 Å². The third-order valence-corrected chi connectivity index (χ3v) is 16.6. The third-order valence-electron chi connectivity index (χ3n) is 10.8. The number of furan rings is 2. The molecule has 0 spiro atoms. The summed E-state index contributed by atoms with van der Waals surface area (Å²) >= 11 is 0. The first kappa shape index (κ1) is 46.0. The van der Waals surface area contributed by atoms with E-state index >= 15 is 0 Å². The fourth-order valence-electron chi connectivity index (χ4n) is 7.90. The summed E-state index contributed by atoms with van der Waals surface area (Å²) in [5, 5.41) is 13.0. The summed E-state index contributed by atoms with van der Waals surface area (Å²) in [5.74, 6) is 4.76. The van der Waals surface area contributed by atoms with Crippen molar-refractivity contribution in [2.24, 2.45) is 0 Å². The number of benzene rings is 9. The molecule has 11 aromatic rings. The average Bonchev–Trinajstić information content (AvgIpc) is 3.92. The van der Waals surface area contributed by atoms with Crippen LogP contribution in [0.25, 0.3) is 43.9 Å². The van der Waals surface area contributed by atoms with E-state index in [0.717, 1.165) is 55.0 Å². The predicted octanol–water partition coefficient (Wildman–Crippen LogP) is 11.7. The zero-order valence-electron chi connectivity index (χ0n) is 34.4. The van der Waals surface area contributed by atoms with Gasteiger partial charge in [0.2, 0.25) is 0 Å². The van der Waals surface area contributed by atoms with Gasteiger partial charge < -0.3 is 21.7 Å². The summed E-state index contributed by atoms with van der Waals surface area (Å²) in [6.45, 7) is 0. The first-order valence-electron chi connectivity index (χ1n) is 20.4. The van der Waals surface area contributed by atoms with Gasteiger partial charge in [-0.25, -0.2) is 0 Å². The molecule has 2 heterocycles. The molecule has 6 heteroatoms. The van der Waals surface area contributed by atoms with Gasteiger partial charge in [-0.05, 0) is 84.9 Å². The van der Waals surface area contributed by atoms with Crippen LogP contribution in [0.3, 0.4) is 0 Å². The van der Waals surface area contributed by atoms with Crippen LogP contribution in [-0.2, 0) is 44.8 Å². The molecule has 0 amide bonds. The summed E-state index contributed by atoms with van der Waals surface area (Å²) in [5.41, 5.74) is 5.03. The molecule has 0 N–H and O–H groups in total. The van der Waals surface area contributed by atoms with E-state index in [4.69, 9.17) is 21.7 Å². The van der Waals surface area contributed by atoms with Crippen molar-refractivity contribution >= 4 is 91.5 Å². The van der Waals surface area contributed by atoms with Crippen molar-refractivity contribution in [3.8, 4) is 11.8 Å². The number of hydrogen-bond acceptors (Lipinski definition) is 2. The zero-order chi connectivity index (χ0) is 42.1. The smallest absolute Gasteiger partial charge is 0.456 e. The maximum absolute atomic E-state index is 7.10. The van der Waals surface area contributed by atoms with Crippen molar-refractivity contribution in [3.63, 3.8) is 0 Å². The van der Waals surface area contributed by atoms with Gasteiger partial charge in [0.1, 0.15) is 70.0 Å². The molecule has 2 aromatic heterocycles. The summed E-state index contributed by atoms with van der Waals surface area (Å²) in [4.78, 5) is 0. The Hall–Kier alpha value is -5.96. The first-order chi connectivity index (χ1) is 30.7. The van der Waals surface area contributed by atoms with E-state index in [-0.39, 0.29) is 44.8 Å². The van der Waals surface area contributed by atoms with Crippen LogP contribution in [-0.4, -0.2) is 0 Å². The summed E-state index contributed by atoms with van der Waals surface area (Å²) in [7, 11) is -2.28. The van der Waals surface area contributed by atoms with Crippen molar-refractivity contribution in [3.05, 3.63) is 254 Å². The summed E-state index contributed by atoms with van der Waals surface area (Å²) < 4.78 is 11.3. The van der Waals surface area contributed by atoms with Crippen LogP contribution in [0.4, 0.5) is 0 Å². The molecule has 11 rings (SSSR count). The minimum atomic E-state index is -1.14. The number of rotatable bonds is 6. The minimum Gasteiger partial charge on any atom is -0.456 e. The molecule has 0 saturated heterocycles. The Morgan fingerprint density at radius 2 is 0.578 bits per heavy atom. The first-order valence-corrected chi connectivity index (χ1v) is 23.4. The van der Waals surface area contributed by atoms with Gasteiger partial charge in [0.05, 0.1) is 0 Å². The van der Waals surface area contributed by atoms with Crippen LogP contribution in [0.15, 0.2) is 239 Å². The van der Waals surface area contributed by atoms with Crippen LogP contribution < -0.4 is 31.8 Å². The number of para-hydroxylation sites is 2. The van der Waals surface area contributed by atoms with Gasteiger partial charge in [-0.1, -0.05) is 121 Å². The monoisotopic (exact) mass is 1220 g/mol. The molecule has 0 aliphatic rings. The molecule has 0 unspecified atom stereocenters. The topological polar surface area (TPSA) is 26.3 Å². The maximum Gasteiger partial charge on any atom is 1.00 e. The van der Waals surface area contributed by atoms with Gasteiger partial charge >= 0.3 is 44.8 Å². The van der Waals surface area contributed by atoms with Gasteiger partial charge in [0.25, 0.3) is 0 Å². The second-order valence-electron chi connectivity index (χ2n) is 14.6. The Labute approximate surface area is 408 Å². The Kier molecular flexibility index (Phi) is 15.9. The quantitative estimate of drug-likeness (QED) is 0.0718. The largest absolute Gasteiger partial charge is 1.00 e. The molecule has 0 atom stereocenters. The standard InChI is InChI=1S/C30H24P2.2C14H7O.2Au/c1-5-15-25(16-6-1)31(26-17-7-2-8-18-26)29-23-13-14-24-30(29)32(27-19-9-3-10-20-27)28-21-11-4-12-22-28;2*1-2-10-7-8-14-12(9-10)11-5-3-4-6-13(11)15-14;;/h1-24H;2*3-9H;;/q;2*-1;2*+1/p+2. The molecular formula is C58H40Au2O2P2+2. The summed E-state index contributed by atoms with van der Waals surface area (Å²) in [6, 6.07) is 80.5. The van der Waals surface area contributed by atoms with Crippen molar-refractivity contribution in [1.29, 1.82) is 0 Å². The second-order valence-corrected chi connectivity index (χ2v) is 19.5. The van der Waals surface area contributed by atoms with E-state index < -0.39 is 15.8 Å². The van der Waals surface area contributed by atoms with E-state index in [1.54, 1.807) is 0 Å². The molecule has 0 fully saturated rings. The van der Waals surface area contributed by atoms with Gasteiger partial charge in [-0.2, -0.15) is 0 Å². The molecule has 2 nitrogen and oxygen atoms in total. The molecule has 0 aliphatic heterocycles. The number of hydrogen-bond donors (Lipinski definition) is 0. The van der Waals surface area contributed by atoms with E-state index in [9.17, 15) is 0 Å².